The summed E-state index contributed by atoms with van der Waals surface area (Å²) < 4.78 is 17.0. The molecule has 1 heterocycles. The van der Waals surface area contributed by atoms with Gasteiger partial charge in [-0.15, -0.1) is 0 Å². The summed E-state index contributed by atoms with van der Waals surface area (Å²) in [5.41, 5.74) is 0.182. The number of carbonyl (C=O) groups is 1. The van der Waals surface area contributed by atoms with Gasteiger partial charge < -0.3 is 14.2 Å². The Morgan fingerprint density at radius 1 is 1.29 bits per heavy atom. The van der Waals surface area contributed by atoms with Gasteiger partial charge in [-0.1, -0.05) is 13.8 Å². The molecule has 4 nitrogen and oxygen atoms in total. The first-order valence-electron chi connectivity index (χ1n) is 7.44. The second kappa shape index (κ2) is 6.48. The van der Waals surface area contributed by atoms with Gasteiger partial charge in [0.15, 0.2) is 5.78 Å². The maximum Gasteiger partial charge on any atom is 0.170 e. The summed E-state index contributed by atoms with van der Waals surface area (Å²) in [6, 6.07) is 5.37. The zero-order chi connectivity index (χ0) is 15.5. The molecule has 0 fully saturated rings. The van der Waals surface area contributed by atoms with E-state index >= 15 is 0 Å². The molecule has 0 radical (unpaired) electrons. The molecule has 1 aromatic rings. The van der Waals surface area contributed by atoms with Crippen molar-refractivity contribution in [3.8, 4) is 11.5 Å². The SMILES string of the molecule is CC(C)COCCOc1ccc2c(c1)OC(C)(C)CC2=O. The summed E-state index contributed by atoms with van der Waals surface area (Å²) in [6.07, 6.45) is 0.406. The number of hydrogen-bond acceptors (Lipinski definition) is 4. The summed E-state index contributed by atoms with van der Waals surface area (Å²) in [7, 11) is 0. The summed E-state index contributed by atoms with van der Waals surface area (Å²) in [4.78, 5) is 12.0. The van der Waals surface area contributed by atoms with Crippen molar-refractivity contribution in [3.63, 3.8) is 0 Å². The van der Waals surface area contributed by atoms with Gasteiger partial charge in [-0.25, -0.2) is 0 Å². The van der Waals surface area contributed by atoms with Gasteiger partial charge in [-0.05, 0) is 31.9 Å². The highest BCUT2D eigenvalue weighted by molar-refractivity contribution is 6.00. The van der Waals surface area contributed by atoms with E-state index in [0.29, 0.717) is 42.6 Å². The van der Waals surface area contributed by atoms with E-state index in [2.05, 4.69) is 13.8 Å². The van der Waals surface area contributed by atoms with E-state index in [0.717, 1.165) is 6.61 Å². The van der Waals surface area contributed by atoms with Crippen molar-refractivity contribution in [3.05, 3.63) is 23.8 Å². The van der Waals surface area contributed by atoms with Crippen LogP contribution in [0.4, 0.5) is 0 Å². The van der Waals surface area contributed by atoms with Crippen LogP contribution < -0.4 is 9.47 Å². The highest BCUT2D eigenvalue weighted by Gasteiger charge is 2.32. The molecule has 0 saturated heterocycles. The lowest BCUT2D eigenvalue weighted by Gasteiger charge is -2.31. The molecule has 2 rings (SSSR count). The van der Waals surface area contributed by atoms with Crippen molar-refractivity contribution in [1.29, 1.82) is 0 Å². The maximum atomic E-state index is 12.0. The Hall–Kier alpha value is -1.55. The second-order valence-electron chi connectivity index (χ2n) is 6.44. The fraction of sp³-hybridized carbons (Fsp3) is 0.588. The van der Waals surface area contributed by atoms with Crippen LogP contribution in [0.2, 0.25) is 0 Å². The van der Waals surface area contributed by atoms with Gasteiger partial charge in [-0.2, -0.15) is 0 Å². The standard InChI is InChI=1S/C17H24O4/c1-12(2)11-19-7-8-20-13-5-6-14-15(18)10-17(3,4)21-16(14)9-13/h5-6,9,12H,7-8,10-11H2,1-4H3. The number of hydrogen-bond donors (Lipinski definition) is 0. The number of benzene rings is 1. The third kappa shape index (κ3) is 4.46. The molecular weight excluding hydrogens is 268 g/mol. The number of fused-ring (bicyclic) bond motifs is 1. The van der Waals surface area contributed by atoms with E-state index in [1.807, 2.05) is 13.8 Å². The molecule has 1 aromatic carbocycles. The topological polar surface area (TPSA) is 44.8 Å². The van der Waals surface area contributed by atoms with Crippen molar-refractivity contribution in [1.82, 2.24) is 0 Å². The summed E-state index contributed by atoms with van der Waals surface area (Å²) >= 11 is 0. The number of ketones is 1. The molecule has 0 amide bonds. The number of ether oxygens (including phenoxy) is 3. The van der Waals surface area contributed by atoms with Gasteiger partial charge in [0.1, 0.15) is 23.7 Å². The van der Waals surface area contributed by atoms with Crippen molar-refractivity contribution in [2.24, 2.45) is 5.92 Å². The quantitative estimate of drug-likeness (QED) is 0.753. The van der Waals surface area contributed by atoms with E-state index < -0.39 is 5.60 Å². The predicted molar refractivity (Wildman–Crippen MR) is 81.2 cm³/mol. The van der Waals surface area contributed by atoms with Crippen LogP contribution in [0.1, 0.15) is 44.5 Å². The van der Waals surface area contributed by atoms with Gasteiger partial charge in [0.2, 0.25) is 0 Å². The zero-order valence-electron chi connectivity index (χ0n) is 13.3. The van der Waals surface area contributed by atoms with Gasteiger partial charge in [0, 0.05) is 12.7 Å². The van der Waals surface area contributed by atoms with E-state index in [4.69, 9.17) is 14.2 Å². The molecule has 0 saturated carbocycles. The number of Topliss-reactive ketones (excluding diaryl/α,β-unsaturated/α-hetero) is 1. The molecule has 0 aromatic heterocycles. The molecule has 4 heteroatoms. The first kappa shape index (κ1) is 15.8. The van der Waals surface area contributed by atoms with E-state index in [-0.39, 0.29) is 5.78 Å². The molecule has 0 bridgehead atoms. The Kier molecular flexibility index (Phi) is 4.88. The van der Waals surface area contributed by atoms with Crippen molar-refractivity contribution >= 4 is 5.78 Å². The minimum Gasteiger partial charge on any atom is -0.491 e. The largest absolute Gasteiger partial charge is 0.491 e. The Labute approximate surface area is 126 Å². The fourth-order valence-corrected chi connectivity index (χ4v) is 2.26. The average molecular weight is 292 g/mol. The first-order valence-corrected chi connectivity index (χ1v) is 7.44. The third-order valence-corrected chi connectivity index (χ3v) is 3.17. The molecule has 1 aliphatic rings. The van der Waals surface area contributed by atoms with Crippen LogP contribution in [0.25, 0.3) is 0 Å². The average Bonchev–Trinajstić information content (AvgIpc) is 2.36. The molecule has 0 atom stereocenters. The summed E-state index contributed by atoms with van der Waals surface area (Å²) in [5.74, 6) is 1.95. The minimum absolute atomic E-state index is 0.119. The lowest BCUT2D eigenvalue weighted by Crippen LogP contribution is -2.35. The molecule has 0 N–H and O–H groups in total. The maximum absolute atomic E-state index is 12.0. The van der Waals surface area contributed by atoms with Crippen LogP contribution >= 0.6 is 0 Å². The highest BCUT2D eigenvalue weighted by Crippen LogP contribution is 2.35. The predicted octanol–water partition coefficient (Wildman–Crippen LogP) is 3.48. The lowest BCUT2D eigenvalue weighted by molar-refractivity contribution is 0.0614. The van der Waals surface area contributed by atoms with Gasteiger partial charge in [-0.3, -0.25) is 4.79 Å². The molecule has 21 heavy (non-hydrogen) atoms. The zero-order valence-corrected chi connectivity index (χ0v) is 13.3. The van der Waals surface area contributed by atoms with Crippen LogP contribution in [0.5, 0.6) is 11.5 Å². The van der Waals surface area contributed by atoms with Gasteiger partial charge in [0.25, 0.3) is 0 Å². The van der Waals surface area contributed by atoms with Gasteiger partial charge >= 0.3 is 0 Å². The molecule has 0 unspecified atom stereocenters. The minimum atomic E-state index is -0.455. The molecular formula is C17H24O4. The Morgan fingerprint density at radius 3 is 2.76 bits per heavy atom. The van der Waals surface area contributed by atoms with Crippen molar-refractivity contribution in [2.75, 3.05) is 19.8 Å². The molecule has 0 aliphatic carbocycles. The first-order chi connectivity index (χ1) is 9.87. The third-order valence-electron chi connectivity index (χ3n) is 3.17. The Bertz CT molecular complexity index is 506. The second-order valence-corrected chi connectivity index (χ2v) is 6.44. The fourth-order valence-electron chi connectivity index (χ4n) is 2.26. The van der Waals surface area contributed by atoms with Crippen LogP contribution in [0.15, 0.2) is 18.2 Å². The molecule has 116 valence electrons. The van der Waals surface area contributed by atoms with Crippen LogP contribution in [-0.4, -0.2) is 31.2 Å². The van der Waals surface area contributed by atoms with E-state index in [1.165, 1.54) is 0 Å². The summed E-state index contributed by atoms with van der Waals surface area (Å²) in [5, 5.41) is 0. The highest BCUT2D eigenvalue weighted by atomic mass is 16.5. The number of carbonyl (C=O) groups excluding carboxylic acids is 1. The van der Waals surface area contributed by atoms with Crippen LogP contribution in [-0.2, 0) is 4.74 Å². The van der Waals surface area contributed by atoms with Crippen molar-refractivity contribution in [2.45, 2.75) is 39.7 Å². The van der Waals surface area contributed by atoms with E-state index in [1.54, 1.807) is 18.2 Å². The van der Waals surface area contributed by atoms with Crippen molar-refractivity contribution < 1.29 is 19.0 Å². The smallest absolute Gasteiger partial charge is 0.170 e. The van der Waals surface area contributed by atoms with Gasteiger partial charge in [0.05, 0.1) is 18.6 Å². The van der Waals surface area contributed by atoms with E-state index in [9.17, 15) is 4.79 Å². The monoisotopic (exact) mass is 292 g/mol. The van der Waals surface area contributed by atoms with Crippen LogP contribution in [0, 0.1) is 5.92 Å². The lowest BCUT2D eigenvalue weighted by atomic mass is 9.93. The Morgan fingerprint density at radius 2 is 2.05 bits per heavy atom. The molecule has 0 spiro atoms. The normalized spacial score (nSPS) is 16.5. The summed E-state index contributed by atoms with van der Waals surface area (Å²) in [6.45, 7) is 9.84. The molecule has 1 aliphatic heterocycles. The Balaban J connectivity index is 1.93. The number of rotatable bonds is 6. The van der Waals surface area contributed by atoms with Crippen LogP contribution in [0.3, 0.4) is 0 Å².